The first-order chi connectivity index (χ1) is 12.8. The Kier molecular flexibility index (Phi) is 5.38. The van der Waals surface area contributed by atoms with Gasteiger partial charge < -0.3 is 9.13 Å². The van der Waals surface area contributed by atoms with Crippen molar-refractivity contribution >= 4 is 59.0 Å². The molecule has 2 aromatic heterocycles. The lowest BCUT2D eigenvalue weighted by atomic mass is 10.3. The first-order valence-electron chi connectivity index (χ1n) is 8.54. The van der Waals surface area contributed by atoms with Crippen molar-refractivity contribution in [2.75, 3.05) is 5.33 Å². The van der Waals surface area contributed by atoms with Crippen molar-refractivity contribution in [2.24, 2.45) is 17.3 Å². The summed E-state index contributed by atoms with van der Waals surface area (Å²) >= 11 is 6.89. The summed E-state index contributed by atoms with van der Waals surface area (Å²) in [5, 5.41) is 10.2. The van der Waals surface area contributed by atoms with Crippen LogP contribution in [0.25, 0.3) is 20.4 Å². The van der Waals surface area contributed by atoms with E-state index in [2.05, 4.69) is 83.8 Å². The molecule has 0 saturated heterocycles. The molecular formula is C19H19BrN4S2. The molecule has 134 valence electrons. The third kappa shape index (κ3) is 3.43. The fourth-order valence-electron chi connectivity index (χ4n) is 2.94. The third-order valence-electron chi connectivity index (χ3n) is 4.29. The van der Waals surface area contributed by atoms with E-state index in [1.54, 1.807) is 22.7 Å². The summed E-state index contributed by atoms with van der Waals surface area (Å²) in [6.45, 7) is 0.961. The normalized spacial score (nSPS) is 13.3. The van der Waals surface area contributed by atoms with Crippen molar-refractivity contribution in [3.63, 3.8) is 0 Å². The largest absolute Gasteiger partial charge is 0.318 e. The van der Waals surface area contributed by atoms with E-state index in [0.717, 1.165) is 34.3 Å². The number of benzene rings is 2. The van der Waals surface area contributed by atoms with Gasteiger partial charge >= 0.3 is 0 Å². The zero-order chi connectivity index (χ0) is 17.9. The van der Waals surface area contributed by atoms with Crippen LogP contribution < -0.4 is 9.60 Å². The minimum Gasteiger partial charge on any atom is -0.318 e. The fourth-order valence-corrected chi connectivity index (χ4v) is 5.32. The zero-order valence-corrected chi connectivity index (χ0v) is 17.6. The number of nitrogens with zero attached hydrogens (tertiary/aromatic N) is 4. The van der Waals surface area contributed by atoms with Crippen LogP contribution in [0.4, 0.5) is 0 Å². The van der Waals surface area contributed by atoms with Gasteiger partial charge in [0.1, 0.15) is 0 Å². The van der Waals surface area contributed by atoms with Crippen molar-refractivity contribution < 1.29 is 0 Å². The molecule has 0 saturated carbocycles. The molecule has 4 aromatic rings. The molecule has 2 aromatic carbocycles. The van der Waals surface area contributed by atoms with Crippen LogP contribution in [-0.4, -0.2) is 14.5 Å². The molecule has 0 aliphatic carbocycles. The van der Waals surface area contributed by atoms with Crippen LogP contribution in [0.2, 0.25) is 0 Å². The molecule has 7 heteroatoms. The van der Waals surface area contributed by atoms with Crippen molar-refractivity contribution in [3.8, 4) is 0 Å². The summed E-state index contributed by atoms with van der Waals surface area (Å²) in [4.78, 5) is 1.87. The molecular weight excluding hydrogens is 428 g/mol. The van der Waals surface area contributed by atoms with E-state index in [9.17, 15) is 0 Å². The average Bonchev–Trinajstić information content (AvgIpc) is 3.18. The van der Waals surface area contributed by atoms with E-state index in [1.807, 2.05) is 7.05 Å². The Morgan fingerprint density at radius 3 is 2.19 bits per heavy atom. The van der Waals surface area contributed by atoms with E-state index in [-0.39, 0.29) is 0 Å². The van der Waals surface area contributed by atoms with Gasteiger partial charge in [0, 0.05) is 18.9 Å². The maximum Gasteiger partial charge on any atom is 0.211 e. The van der Waals surface area contributed by atoms with Gasteiger partial charge in [0.2, 0.25) is 9.60 Å². The predicted octanol–water partition coefficient (Wildman–Crippen LogP) is 4.85. The molecule has 0 N–H and O–H groups in total. The number of rotatable bonds is 5. The quantitative estimate of drug-likeness (QED) is 0.238. The highest BCUT2D eigenvalue weighted by Crippen LogP contribution is 2.18. The summed E-state index contributed by atoms with van der Waals surface area (Å²) in [7, 11) is 2.04. The van der Waals surface area contributed by atoms with Gasteiger partial charge in [-0.1, -0.05) is 62.9 Å². The van der Waals surface area contributed by atoms with Crippen LogP contribution in [0.15, 0.2) is 58.7 Å². The maximum atomic E-state index is 4.63. The molecule has 0 unspecified atom stereocenters. The summed E-state index contributed by atoms with van der Waals surface area (Å²) in [6.07, 6.45) is 2.27. The minimum atomic E-state index is 0.913. The number of aromatic nitrogens is 2. The Bertz CT molecular complexity index is 1180. The Hall–Kier alpha value is -1.70. The molecule has 4 nitrogen and oxygen atoms in total. The van der Waals surface area contributed by atoms with Gasteiger partial charge in [-0.05, 0) is 37.1 Å². The summed E-state index contributed by atoms with van der Waals surface area (Å²) in [5.74, 6) is 0. The first-order valence-corrected chi connectivity index (χ1v) is 11.3. The van der Waals surface area contributed by atoms with Crippen molar-refractivity contribution in [3.05, 3.63) is 58.1 Å². The maximum absolute atomic E-state index is 4.63. The number of para-hydroxylation sites is 2. The van der Waals surface area contributed by atoms with Crippen LogP contribution in [0, 0.1) is 0 Å². The molecule has 0 aliphatic rings. The number of unbranched alkanes of at least 4 members (excludes halogenated alkanes) is 1. The Balaban J connectivity index is 1.84. The third-order valence-corrected chi connectivity index (χ3v) is 7.00. The van der Waals surface area contributed by atoms with Crippen LogP contribution in [0.5, 0.6) is 0 Å². The number of thiazole rings is 2. The number of fused-ring (bicyclic) bond motifs is 2. The van der Waals surface area contributed by atoms with Gasteiger partial charge in [0.15, 0.2) is 0 Å². The van der Waals surface area contributed by atoms with E-state index in [4.69, 9.17) is 0 Å². The Labute approximate surface area is 167 Å². The zero-order valence-electron chi connectivity index (χ0n) is 14.4. The monoisotopic (exact) mass is 446 g/mol. The average molecular weight is 447 g/mol. The minimum absolute atomic E-state index is 0.913. The molecule has 0 radical (unpaired) electrons. The van der Waals surface area contributed by atoms with Crippen molar-refractivity contribution in [2.45, 2.75) is 19.4 Å². The summed E-state index contributed by atoms with van der Waals surface area (Å²) < 4.78 is 6.87. The number of aryl methyl sites for hydroxylation is 2. The predicted molar refractivity (Wildman–Crippen MR) is 115 cm³/mol. The molecule has 0 atom stereocenters. The van der Waals surface area contributed by atoms with Crippen molar-refractivity contribution in [1.29, 1.82) is 0 Å². The highest BCUT2D eigenvalue weighted by molar-refractivity contribution is 9.09. The van der Waals surface area contributed by atoms with E-state index < -0.39 is 0 Å². The molecule has 0 fully saturated rings. The molecule has 26 heavy (non-hydrogen) atoms. The molecule has 4 rings (SSSR count). The number of halogens is 1. The lowest BCUT2D eigenvalue weighted by molar-refractivity contribution is 0.635. The molecule has 0 aliphatic heterocycles. The Morgan fingerprint density at radius 2 is 1.46 bits per heavy atom. The van der Waals surface area contributed by atoms with Gasteiger partial charge in [-0.2, -0.15) is 0 Å². The van der Waals surface area contributed by atoms with Gasteiger partial charge in [-0.25, -0.2) is 0 Å². The van der Waals surface area contributed by atoms with Crippen LogP contribution in [-0.2, 0) is 13.6 Å². The summed E-state index contributed by atoms with van der Waals surface area (Å²) in [6, 6.07) is 16.8. The molecule has 2 heterocycles. The van der Waals surface area contributed by atoms with Gasteiger partial charge in [0.25, 0.3) is 0 Å². The van der Waals surface area contributed by atoms with E-state index in [1.165, 1.54) is 20.4 Å². The molecule has 0 amide bonds. The molecule has 0 bridgehead atoms. The number of hydrogen-bond acceptors (Lipinski definition) is 4. The SMILES string of the molecule is Cn1/c(=N/N=c2/sc3ccccc3n2CCCCBr)sc2ccccc21. The standard InChI is InChI=1S/C19H19BrN4S2/c1-23-14-8-2-4-10-16(14)25-18(23)21-22-19-24(13-7-6-12-20)15-9-3-5-11-17(15)26-19/h2-5,8-11H,6-7,12-13H2,1H3/b21-18-,22-19+. The second kappa shape index (κ2) is 7.90. The highest BCUT2D eigenvalue weighted by Gasteiger charge is 2.06. The van der Waals surface area contributed by atoms with Crippen LogP contribution >= 0.6 is 38.6 Å². The smallest absolute Gasteiger partial charge is 0.211 e. The van der Waals surface area contributed by atoms with Crippen molar-refractivity contribution in [1.82, 2.24) is 9.13 Å². The second-order valence-corrected chi connectivity index (χ2v) is 8.82. The van der Waals surface area contributed by atoms with Gasteiger partial charge in [-0.3, -0.25) is 0 Å². The number of alkyl halides is 1. The highest BCUT2D eigenvalue weighted by atomic mass is 79.9. The number of hydrogen-bond donors (Lipinski definition) is 0. The summed E-state index contributed by atoms with van der Waals surface area (Å²) in [5.41, 5.74) is 2.43. The van der Waals surface area contributed by atoms with E-state index >= 15 is 0 Å². The van der Waals surface area contributed by atoms with Crippen LogP contribution in [0.3, 0.4) is 0 Å². The van der Waals surface area contributed by atoms with E-state index in [0.29, 0.717) is 0 Å². The lowest BCUT2D eigenvalue weighted by Gasteiger charge is -2.03. The van der Waals surface area contributed by atoms with Gasteiger partial charge in [-0.15, -0.1) is 10.2 Å². The van der Waals surface area contributed by atoms with Crippen LogP contribution in [0.1, 0.15) is 12.8 Å². The Morgan fingerprint density at radius 1 is 0.846 bits per heavy atom. The lowest BCUT2D eigenvalue weighted by Crippen LogP contribution is -2.16. The fraction of sp³-hybridized carbons (Fsp3) is 0.263. The topological polar surface area (TPSA) is 34.6 Å². The molecule has 0 spiro atoms. The first kappa shape index (κ1) is 17.7. The van der Waals surface area contributed by atoms with Gasteiger partial charge in [0.05, 0.1) is 20.4 Å². The second-order valence-electron chi connectivity index (χ2n) is 6.01.